The molecule has 0 bridgehead atoms. The Kier molecular flexibility index (Phi) is 4.82. The Hall–Kier alpha value is -3.40. The maximum atomic E-state index is 12.5. The summed E-state index contributed by atoms with van der Waals surface area (Å²) in [6, 6.07) is 12.0. The van der Waals surface area contributed by atoms with Crippen LogP contribution in [0, 0.1) is 10.1 Å². The first-order valence-corrected chi connectivity index (χ1v) is 9.73. The molecule has 0 unspecified atom stereocenters. The van der Waals surface area contributed by atoms with E-state index in [4.69, 9.17) is 0 Å². The smallest absolute Gasteiger partial charge is 0.307 e. The van der Waals surface area contributed by atoms with Gasteiger partial charge in [0.1, 0.15) is 0 Å². The van der Waals surface area contributed by atoms with Gasteiger partial charge in [-0.05, 0) is 24.3 Å². The van der Waals surface area contributed by atoms with E-state index in [1.807, 2.05) is 0 Å². The number of nitrogens with one attached hydrogen (secondary N) is 2. The molecule has 0 saturated heterocycles. The van der Waals surface area contributed by atoms with Crippen LogP contribution < -0.4 is 14.9 Å². The number of nitro groups is 1. The number of non-ortho nitro benzene ring substituents is 1. The number of hydrogen-bond donors (Lipinski definition) is 2. The molecule has 0 aromatic heterocycles. The van der Waals surface area contributed by atoms with Crippen molar-refractivity contribution < 1.29 is 18.1 Å². The number of rotatable bonds is 5. The summed E-state index contributed by atoms with van der Waals surface area (Å²) >= 11 is 0. The number of amides is 2. The third-order valence-corrected chi connectivity index (χ3v) is 4.40. The van der Waals surface area contributed by atoms with Gasteiger partial charge in [0.15, 0.2) is 0 Å². The van der Waals surface area contributed by atoms with E-state index < -0.39 is 21.0 Å². The van der Waals surface area contributed by atoms with E-state index in [2.05, 4.69) is 10.0 Å². The van der Waals surface area contributed by atoms with Crippen molar-refractivity contribution >= 4 is 38.8 Å². The van der Waals surface area contributed by atoms with Crippen molar-refractivity contribution in [3.8, 4) is 0 Å². The Morgan fingerprint density at radius 2 is 1.93 bits per heavy atom. The maximum absolute atomic E-state index is 12.5. The Morgan fingerprint density at radius 1 is 1.19 bits per heavy atom. The average Bonchev–Trinajstić information content (AvgIpc) is 2.60. The third-order valence-electron chi connectivity index (χ3n) is 3.79. The molecule has 0 spiro atoms. The molecule has 0 atom stereocenters. The highest BCUT2D eigenvalue weighted by Crippen LogP contribution is 2.25. The molecule has 0 fully saturated rings. The first-order valence-electron chi connectivity index (χ1n) is 7.84. The zero-order valence-corrected chi connectivity index (χ0v) is 15.1. The molecule has 0 radical (unpaired) electrons. The van der Waals surface area contributed by atoms with Crippen LogP contribution in [0.2, 0.25) is 0 Å². The predicted molar refractivity (Wildman–Crippen MR) is 102 cm³/mol. The second kappa shape index (κ2) is 7.08. The van der Waals surface area contributed by atoms with Crippen molar-refractivity contribution in [1.29, 1.82) is 0 Å². The van der Waals surface area contributed by atoms with Crippen molar-refractivity contribution in [1.82, 2.24) is 5.32 Å². The zero-order chi connectivity index (χ0) is 19.6. The molecule has 2 N–H and O–H groups in total. The number of carbonyl (C=O) groups is 1. The molecule has 3 rings (SSSR count). The van der Waals surface area contributed by atoms with E-state index in [1.165, 1.54) is 17.0 Å². The fourth-order valence-corrected chi connectivity index (χ4v) is 3.21. The van der Waals surface area contributed by atoms with Gasteiger partial charge in [0.2, 0.25) is 10.0 Å². The van der Waals surface area contributed by atoms with Gasteiger partial charge < -0.3 is 5.32 Å². The van der Waals surface area contributed by atoms with Crippen molar-refractivity contribution in [3.63, 3.8) is 0 Å². The zero-order valence-electron chi connectivity index (χ0n) is 14.2. The molecule has 2 amide bonds. The van der Waals surface area contributed by atoms with Crippen LogP contribution in [-0.4, -0.2) is 32.2 Å². The van der Waals surface area contributed by atoms with E-state index in [1.54, 1.807) is 42.5 Å². The summed E-state index contributed by atoms with van der Waals surface area (Å²) < 4.78 is 25.1. The van der Waals surface area contributed by atoms with Crippen LogP contribution >= 0.6 is 0 Å². The second-order valence-corrected chi connectivity index (χ2v) is 7.64. The van der Waals surface area contributed by atoms with Crippen molar-refractivity contribution in [2.75, 3.05) is 22.4 Å². The Bertz CT molecular complexity index is 1050. The number of sulfonamides is 1. The number of anilines is 2. The quantitative estimate of drug-likeness (QED) is 0.602. The number of nitro benzene ring substituents is 1. The minimum Gasteiger partial charge on any atom is -0.307 e. The highest BCUT2D eigenvalue weighted by atomic mass is 32.2. The molecule has 1 aliphatic rings. The monoisotopic (exact) mass is 388 g/mol. The lowest BCUT2D eigenvalue weighted by Gasteiger charge is -2.27. The standard InChI is InChI=1S/C17H16N4O5S/c1-27(25,26)19-13-5-3-6-14(11-13)20-9-8-16(18-17(20)22)12-4-2-7-15(10-12)21(23)24/h2-8,10-11,19H,9H2,1H3,(H,18,22). The highest BCUT2D eigenvalue weighted by molar-refractivity contribution is 7.92. The van der Waals surface area contributed by atoms with Crippen LogP contribution in [0.25, 0.3) is 5.70 Å². The van der Waals surface area contributed by atoms with Crippen molar-refractivity contribution in [2.24, 2.45) is 0 Å². The predicted octanol–water partition coefficient (Wildman–Crippen LogP) is 2.54. The molecule has 9 nitrogen and oxygen atoms in total. The first kappa shape index (κ1) is 18.4. The van der Waals surface area contributed by atoms with Gasteiger partial charge in [-0.1, -0.05) is 18.2 Å². The molecular formula is C17H16N4O5S. The average molecular weight is 388 g/mol. The molecule has 10 heteroatoms. The van der Waals surface area contributed by atoms with Crippen LogP contribution in [0.15, 0.2) is 54.6 Å². The number of benzene rings is 2. The maximum Gasteiger partial charge on any atom is 0.326 e. The lowest BCUT2D eigenvalue weighted by Crippen LogP contribution is -2.43. The Morgan fingerprint density at radius 3 is 2.59 bits per heavy atom. The third kappa shape index (κ3) is 4.42. The Balaban J connectivity index is 1.84. The fraction of sp³-hybridized carbons (Fsp3) is 0.118. The number of nitrogens with zero attached hydrogens (tertiary/aromatic N) is 2. The van der Waals surface area contributed by atoms with Gasteiger partial charge in [0, 0.05) is 35.6 Å². The van der Waals surface area contributed by atoms with Gasteiger partial charge in [-0.2, -0.15) is 0 Å². The van der Waals surface area contributed by atoms with Gasteiger partial charge in [-0.3, -0.25) is 19.7 Å². The van der Waals surface area contributed by atoms with Crippen molar-refractivity contribution in [2.45, 2.75) is 0 Å². The summed E-state index contributed by atoms with van der Waals surface area (Å²) in [6.45, 7) is 0.228. The molecule has 27 heavy (non-hydrogen) atoms. The van der Waals surface area contributed by atoms with Gasteiger partial charge in [0.05, 0.1) is 16.9 Å². The molecule has 0 saturated carbocycles. The van der Waals surface area contributed by atoms with E-state index in [9.17, 15) is 23.3 Å². The number of carbonyl (C=O) groups excluding carboxylic acids is 1. The summed E-state index contributed by atoms with van der Waals surface area (Å²) in [4.78, 5) is 24.3. The minimum absolute atomic E-state index is 0.0652. The van der Waals surface area contributed by atoms with Crippen LogP contribution in [0.3, 0.4) is 0 Å². The number of urea groups is 1. The SMILES string of the molecule is CS(=O)(=O)Nc1cccc(N2CC=C(c3cccc([N+](=O)[O-])c3)NC2=O)c1. The van der Waals surface area contributed by atoms with Gasteiger partial charge in [-0.25, -0.2) is 13.2 Å². The van der Waals surface area contributed by atoms with E-state index in [-0.39, 0.29) is 12.2 Å². The molecule has 2 aromatic carbocycles. The van der Waals surface area contributed by atoms with Gasteiger partial charge >= 0.3 is 6.03 Å². The summed E-state index contributed by atoms with van der Waals surface area (Å²) in [6.07, 6.45) is 2.78. The summed E-state index contributed by atoms with van der Waals surface area (Å²) in [5.41, 5.74) is 1.80. The summed E-state index contributed by atoms with van der Waals surface area (Å²) in [5.74, 6) is 0. The lowest BCUT2D eigenvalue weighted by molar-refractivity contribution is -0.384. The second-order valence-electron chi connectivity index (χ2n) is 5.89. The van der Waals surface area contributed by atoms with Crippen LogP contribution in [-0.2, 0) is 10.0 Å². The normalized spacial score (nSPS) is 14.3. The fourth-order valence-electron chi connectivity index (χ4n) is 2.65. The molecular weight excluding hydrogens is 372 g/mol. The molecule has 1 aliphatic heterocycles. The van der Waals surface area contributed by atoms with E-state index in [0.717, 1.165) is 6.26 Å². The summed E-state index contributed by atoms with van der Waals surface area (Å²) in [7, 11) is -3.43. The molecule has 0 aliphatic carbocycles. The van der Waals surface area contributed by atoms with Crippen LogP contribution in [0.5, 0.6) is 0 Å². The molecule has 2 aromatic rings. The first-order chi connectivity index (χ1) is 12.7. The minimum atomic E-state index is -3.43. The Labute approximate surface area is 155 Å². The summed E-state index contributed by atoms with van der Waals surface area (Å²) in [5, 5.41) is 13.6. The number of hydrogen-bond acceptors (Lipinski definition) is 5. The van der Waals surface area contributed by atoms with Gasteiger partial charge in [-0.15, -0.1) is 0 Å². The largest absolute Gasteiger partial charge is 0.326 e. The topological polar surface area (TPSA) is 122 Å². The van der Waals surface area contributed by atoms with E-state index >= 15 is 0 Å². The van der Waals surface area contributed by atoms with E-state index in [0.29, 0.717) is 22.6 Å². The molecule has 1 heterocycles. The lowest BCUT2D eigenvalue weighted by atomic mass is 10.1. The van der Waals surface area contributed by atoms with Crippen molar-refractivity contribution in [3.05, 3.63) is 70.3 Å². The highest BCUT2D eigenvalue weighted by Gasteiger charge is 2.22. The van der Waals surface area contributed by atoms with Crippen LogP contribution in [0.4, 0.5) is 21.9 Å². The molecule has 140 valence electrons. The van der Waals surface area contributed by atoms with Gasteiger partial charge in [0.25, 0.3) is 5.69 Å². The van der Waals surface area contributed by atoms with Crippen LogP contribution in [0.1, 0.15) is 5.56 Å².